The largest absolute Gasteiger partial charge is 0.330 e. The van der Waals surface area contributed by atoms with Gasteiger partial charge in [0.25, 0.3) is 0 Å². The number of nitrogens with one attached hydrogen (secondary N) is 1. The molecule has 6 nitrogen and oxygen atoms in total. The van der Waals surface area contributed by atoms with Crippen molar-refractivity contribution < 1.29 is 4.79 Å². The van der Waals surface area contributed by atoms with Gasteiger partial charge in [0.1, 0.15) is 6.54 Å². The molecule has 1 aromatic heterocycles. The molecular weight excluding hydrogens is 322 g/mol. The molecule has 0 aliphatic carbocycles. The number of nitrogens with zero attached hydrogens (tertiary/aromatic N) is 3. The number of anilines is 1. The zero-order valence-electron chi connectivity index (χ0n) is 11.1. The zero-order chi connectivity index (χ0) is 14.5. The summed E-state index contributed by atoms with van der Waals surface area (Å²) in [6.45, 7) is 2.59. The van der Waals surface area contributed by atoms with E-state index in [4.69, 9.17) is 5.73 Å². The van der Waals surface area contributed by atoms with Gasteiger partial charge in [-0.05, 0) is 37.2 Å². The number of aromatic nitrogens is 3. The molecule has 0 saturated carbocycles. The summed E-state index contributed by atoms with van der Waals surface area (Å²) in [6.07, 6.45) is 2.40. The quantitative estimate of drug-likeness (QED) is 0.865. The number of halogens is 1. The minimum Gasteiger partial charge on any atom is -0.330 e. The van der Waals surface area contributed by atoms with Crippen LogP contribution in [0.3, 0.4) is 0 Å². The lowest BCUT2D eigenvalue weighted by atomic mass is 10.2. The molecule has 0 fully saturated rings. The van der Waals surface area contributed by atoms with E-state index in [2.05, 4.69) is 31.6 Å². The molecule has 0 spiro atoms. The van der Waals surface area contributed by atoms with Gasteiger partial charge in [0.15, 0.2) is 0 Å². The Hall–Kier alpha value is -1.73. The van der Waals surface area contributed by atoms with E-state index >= 15 is 0 Å². The van der Waals surface area contributed by atoms with E-state index in [0.29, 0.717) is 13.0 Å². The number of hydrogen-bond acceptors (Lipinski definition) is 4. The number of benzene rings is 1. The molecule has 0 aliphatic heterocycles. The summed E-state index contributed by atoms with van der Waals surface area (Å²) in [5, 5.41) is 10.7. The van der Waals surface area contributed by atoms with Crippen LogP contribution in [0.15, 0.2) is 28.9 Å². The molecule has 0 unspecified atom stereocenters. The number of amides is 1. The molecule has 0 atom stereocenters. The number of nitrogens with two attached hydrogens (primary N) is 1. The maximum Gasteiger partial charge on any atom is 0.246 e. The van der Waals surface area contributed by atoms with Gasteiger partial charge in [-0.1, -0.05) is 21.1 Å². The Balaban J connectivity index is 1.97. The fourth-order valence-electron chi connectivity index (χ4n) is 1.78. The topological polar surface area (TPSA) is 85.8 Å². The summed E-state index contributed by atoms with van der Waals surface area (Å²) in [5.74, 6) is -0.139. The van der Waals surface area contributed by atoms with Crippen molar-refractivity contribution in [2.75, 3.05) is 11.9 Å². The predicted octanol–water partition coefficient (Wildman–Crippen LogP) is 1.49. The highest BCUT2D eigenvalue weighted by atomic mass is 79.9. The van der Waals surface area contributed by atoms with Crippen LogP contribution in [0.2, 0.25) is 0 Å². The van der Waals surface area contributed by atoms with Crippen LogP contribution < -0.4 is 11.1 Å². The molecule has 0 radical (unpaired) electrons. The van der Waals surface area contributed by atoms with Crippen LogP contribution in [-0.4, -0.2) is 27.4 Å². The standard InChI is InChI=1S/C13H16BrN5O/c1-9-6-10(14)2-3-12(9)16-13(20)8-19-7-11(4-5-15)17-18-19/h2-3,6-7H,4-5,8,15H2,1H3,(H,16,20). The minimum atomic E-state index is -0.139. The Labute approximate surface area is 125 Å². The average Bonchev–Trinajstić information content (AvgIpc) is 2.81. The van der Waals surface area contributed by atoms with E-state index in [1.54, 1.807) is 6.20 Å². The molecule has 20 heavy (non-hydrogen) atoms. The molecule has 3 N–H and O–H groups in total. The maximum absolute atomic E-state index is 12.0. The Morgan fingerprint density at radius 2 is 2.30 bits per heavy atom. The molecule has 1 amide bonds. The first-order chi connectivity index (χ1) is 9.58. The Morgan fingerprint density at radius 3 is 3.00 bits per heavy atom. The third-order valence-corrected chi connectivity index (χ3v) is 3.25. The molecule has 7 heteroatoms. The highest BCUT2D eigenvalue weighted by Crippen LogP contribution is 2.19. The van der Waals surface area contributed by atoms with Gasteiger partial charge in [0.05, 0.1) is 5.69 Å². The highest BCUT2D eigenvalue weighted by Gasteiger charge is 2.08. The van der Waals surface area contributed by atoms with E-state index in [0.717, 1.165) is 21.4 Å². The van der Waals surface area contributed by atoms with Crippen LogP contribution in [0, 0.1) is 6.92 Å². The lowest BCUT2D eigenvalue weighted by molar-refractivity contribution is -0.116. The fraction of sp³-hybridized carbons (Fsp3) is 0.308. The molecule has 1 aromatic carbocycles. The molecule has 2 rings (SSSR count). The van der Waals surface area contributed by atoms with E-state index in [1.165, 1.54) is 4.68 Å². The van der Waals surface area contributed by atoms with Gasteiger partial charge < -0.3 is 11.1 Å². The third-order valence-electron chi connectivity index (χ3n) is 2.75. The van der Waals surface area contributed by atoms with Crippen molar-refractivity contribution >= 4 is 27.5 Å². The van der Waals surface area contributed by atoms with E-state index in [1.807, 2.05) is 25.1 Å². The van der Waals surface area contributed by atoms with Gasteiger partial charge >= 0.3 is 0 Å². The Bertz CT molecular complexity index is 611. The predicted molar refractivity (Wildman–Crippen MR) is 80.3 cm³/mol. The number of rotatable bonds is 5. The second kappa shape index (κ2) is 6.62. The molecule has 0 bridgehead atoms. The van der Waals surface area contributed by atoms with Crippen LogP contribution >= 0.6 is 15.9 Å². The molecule has 0 aliphatic rings. The molecule has 2 aromatic rings. The van der Waals surface area contributed by atoms with Gasteiger partial charge in [-0.2, -0.15) is 0 Å². The van der Waals surface area contributed by atoms with Gasteiger partial charge in [-0.25, -0.2) is 4.68 Å². The fourth-order valence-corrected chi connectivity index (χ4v) is 2.26. The van der Waals surface area contributed by atoms with Gasteiger partial charge in [-0.15, -0.1) is 5.10 Å². The van der Waals surface area contributed by atoms with Crippen molar-refractivity contribution in [2.24, 2.45) is 5.73 Å². The van der Waals surface area contributed by atoms with Crippen LogP contribution in [0.4, 0.5) is 5.69 Å². The third kappa shape index (κ3) is 3.88. The van der Waals surface area contributed by atoms with Crippen molar-refractivity contribution in [1.29, 1.82) is 0 Å². The van der Waals surface area contributed by atoms with Crippen LogP contribution in [0.25, 0.3) is 0 Å². The van der Waals surface area contributed by atoms with Gasteiger partial charge in [0.2, 0.25) is 5.91 Å². The number of carbonyl (C=O) groups excluding carboxylic acids is 1. The minimum absolute atomic E-state index is 0.132. The van der Waals surface area contributed by atoms with Crippen molar-refractivity contribution in [3.05, 3.63) is 40.1 Å². The average molecular weight is 338 g/mol. The Kier molecular flexibility index (Phi) is 4.86. The SMILES string of the molecule is Cc1cc(Br)ccc1NC(=O)Cn1cc(CCN)nn1. The van der Waals surface area contributed by atoms with Gasteiger partial charge in [-0.3, -0.25) is 4.79 Å². The number of carbonyl (C=O) groups is 1. The van der Waals surface area contributed by atoms with E-state index < -0.39 is 0 Å². The number of hydrogen-bond donors (Lipinski definition) is 2. The maximum atomic E-state index is 12.0. The van der Waals surface area contributed by atoms with E-state index in [9.17, 15) is 4.79 Å². The normalized spacial score (nSPS) is 10.6. The summed E-state index contributed by atoms with van der Waals surface area (Å²) in [4.78, 5) is 12.0. The zero-order valence-corrected chi connectivity index (χ0v) is 12.7. The van der Waals surface area contributed by atoms with Crippen molar-refractivity contribution in [3.63, 3.8) is 0 Å². The first kappa shape index (κ1) is 14.7. The lowest BCUT2D eigenvalue weighted by Gasteiger charge is -2.08. The van der Waals surface area contributed by atoms with E-state index in [-0.39, 0.29) is 12.5 Å². The highest BCUT2D eigenvalue weighted by molar-refractivity contribution is 9.10. The first-order valence-corrected chi connectivity index (χ1v) is 7.03. The van der Waals surface area contributed by atoms with Crippen LogP contribution in [0.5, 0.6) is 0 Å². The smallest absolute Gasteiger partial charge is 0.246 e. The molecule has 0 saturated heterocycles. The van der Waals surface area contributed by atoms with Gasteiger partial charge in [0, 0.05) is 22.8 Å². The molecule has 1 heterocycles. The Morgan fingerprint density at radius 1 is 1.50 bits per heavy atom. The van der Waals surface area contributed by atoms with Crippen molar-refractivity contribution in [1.82, 2.24) is 15.0 Å². The van der Waals surface area contributed by atoms with Crippen LogP contribution in [-0.2, 0) is 17.8 Å². The van der Waals surface area contributed by atoms with Crippen molar-refractivity contribution in [2.45, 2.75) is 19.9 Å². The van der Waals surface area contributed by atoms with Crippen LogP contribution in [0.1, 0.15) is 11.3 Å². The lowest BCUT2D eigenvalue weighted by Crippen LogP contribution is -2.19. The first-order valence-electron chi connectivity index (χ1n) is 6.23. The summed E-state index contributed by atoms with van der Waals surface area (Å²) >= 11 is 3.39. The summed E-state index contributed by atoms with van der Waals surface area (Å²) in [5.41, 5.74) is 8.02. The second-order valence-electron chi connectivity index (χ2n) is 4.45. The number of aryl methyl sites for hydroxylation is 1. The monoisotopic (exact) mass is 337 g/mol. The summed E-state index contributed by atoms with van der Waals surface area (Å²) < 4.78 is 2.49. The summed E-state index contributed by atoms with van der Waals surface area (Å²) in [6, 6.07) is 5.69. The second-order valence-corrected chi connectivity index (χ2v) is 5.37. The summed E-state index contributed by atoms with van der Waals surface area (Å²) in [7, 11) is 0. The van der Waals surface area contributed by atoms with Crippen molar-refractivity contribution in [3.8, 4) is 0 Å². The molecule has 106 valence electrons. The molecular formula is C13H16BrN5O.